The highest BCUT2D eigenvalue weighted by Crippen LogP contribution is 2.43. The minimum Gasteiger partial charge on any atom is -0.611 e. The first-order valence-corrected chi connectivity index (χ1v) is 12.1. The molecule has 0 aromatic carbocycles. The topological polar surface area (TPSA) is 92.7 Å². The van der Waals surface area contributed by atoms with Crippen molar-refractivity contribution in [2.45, 2.75) is 17.6 Å². The van der Waals surface area contributed by atoms with Crippen LogP contribution in [-0.4, -0.2) is 35.7 Å². The number of alkyl halides is 1. The quantitative estimate of drug-likeness (QED) is 0.345. The molecule has 0 aliphatic carbocycles. The number of nitrogen functional groups attached to an aromatic ring is 1. The number of imidazole rings is 1. The zero-order valence-corrected chi connectivity index (χ0v) is 18.5. The number of anilines is 1. The van der Waals surface area contributed by atoms with E-state index >= 15 is 0 Å². The van der Waals surface area contributed by atoms with Crippen LogP contribution in [0.15, 0.2) is 28.0 Å². The van der Waals surface area contributed by atoms with Gasteiger partial charge in [-0.15, -0.1) is 22.9 Å². The lowest BCUT2D eigenvalue weighted by Crippen LogP contribution is -2.07. The van der Waals surface area contributed by atoms with E-state index in [1.807, 2.05) is 36.2 Å². The third kappa shape index (κ3) is 3.42. The summed E-state index contributed by atoms with van der Waals surface area (Å²) >= 11 is 7.47. The minimum absolute atomic E-state index is 0.475. The molecule has 4 rings (SSSR count). The van der Waals surface area contributed by atoms with Gasteiger partial charge < -0.3 is 14.9 Å². The molecule has 0 amide bonds. The Morgan fingerprint density at radius 2 is 2.18 bits per heavy atom. The van der Waals surface area contributed by atoms with Crippen LogP contribution in [0, 0.1) is 6.92 Å². The Kier molecular flexibility index (Phi) is 5.62. The molecular weight excluding hydrogens is 434 g/mol. The maximum absolute atomic E-state index is 12.8. The Hall–Kier alpha value is -1.65. The molecular formula is C18H18ClN5OS3. The van der Waals surface area contributed by atoms with Gasteiger partial charge in [-0.05, 0) is 24.2 Å². The molecule has 6 nitrogen and oxygen atoms in total. The summed E-state index contributed by atoms with van der Waals surface area (Å²) in [4.78, 5) is 14.4. The molecule has 4 aromatic rings. The molecule has 0 saturated heterocycles. The Bertz CT molecular complexity index is 1120. The highest BCUT2D eigenvalue weighted by atomic mass is 35.5. The van der Waals surface area contributed by atoms with E-state index in [0.29, 0.717) is 28.0 Å². The maximum atomic E-state index is 12.8. The van der Waals surface area contributed by atoms with Gasteiger partial charge in [0.25, 0.3) is 0 Å². The van der Waals surface area contributed by atoms with Gasteiger partial charge in [0.15, 0.2) is 0 Å². The SMILES string of the molecule is Cc1ncc(-c2cc(-c3nccs3)nc3sc([S+]([O-])CCCCl)c(N)c23)n1C. The first kappa shape index (κ1) is 19.7. The first-order chi connectivity index (χ1) is 13.5. The zero-order valence-electron chi connectivity index (χ0n) is 15.3. The van der Waals surface area contributed by atoms with E-state index < -0.39 is 11.2 Å². The van der Waals surface area contributed by atoms with E-state index in [1.54, 1.807) is 6.20 Å². The van der Waals surface area contributed by atoms with Crippen LogP contribution in [0.3, 0.4) is 0 Å². The number of nitrogens with zero attached hydrogens (tertiary/aromatic N) is 4. The lowest BCUT2D eigenvalue weighted by Gasteiger charge is -2.09. The summed E-state index contributed by atoms with van der Waals surface area (Å²) in [6, 6.07) is 1.99. The zero-order chi connectivity index (χ0) is 19.8. The van der Waals surface area contributed by atoms with E-state index in [1.165, 1.54) is 22.7 Å². The lowest BCUT2D eigenvalue weighted by molar-refractivity contribution is 0.596. The number of pyridine rings is 1. The van der Waals surface area contributed by atoms with Crippen molar-refractivity contribution in [1.82, 2.24) is 19.5 Å². The van der Waals surface area contributed by atoms with Crippen molar-refractivity contribution < 1.29 is 4.55 Å². The molecule has 28 heavy (non-hydrogen) atoms. The molecule has 0 aliphatic rings. The largest absolute Gasteiger partial charge is 0.611 e. The molecule has 1 atom stereocenters. The molecule has 0 bridgehead atoms. The van der Waals surface area contributed by atoms with Crippen molar-refractivity contribution >= 4 is 61.4 Å². The van der Waals surface area contributed by atoms with Gasteiger partial charge >= 0.3 is 0 Å². The van der Waals surface area contributed by atoms with Crippen molar-refractivity contribution in [2.24, 2.45) is 7.05 Å². The average Bonchev–Trinajstić information content (AvgIpc) is 3.41. The second-order valence-electron chi connectivity index (χ2n) is 6.22. The molecule has 4 heterocycles. The fourth-order valence-electron chi connectivity index (χ4n) is 2.96. The third-order valence-corrected chi connectivity index (χ3v) is 8.54. The summed E-state index contributed by atoms with van der Waals surface area (Å²) < 4.78 is 15.4. The van der Waals surface area contributed by atoms with Crippen LogP contribution in [0.2, 0.25) is 0 Å². The predicted octanol–water partition coefficient (Wildman–Crippen LogP) is 4.45. The molecule has 1 unspecified atom stereocenters. The summed E-state index contributed by atoms with van der Waals surface area (Å²) in [5.74, 6) is 1.86. The molecule has 146 valence electrons. The number of aryl methyl sites for hydroxylation is 1. The highest BCUT2D eigenvalue weighted by molar-refractivity contribution is 7.93. The normalized spacial score (nSPS) is 12.7. The smallest absolute Gasteiger partial charge is 0.232 e. The number of thiophene rings is 1. The molecule has 10 heteroatoms. The van der Waals surface area contributed by atoms with Crippen molar-refractivity contribution in [3.63, 3.8) is 0 Å². The Balaban J connectivity index is 1.96. The summed E-state index contributed by atoms with van der Waals surface area (Å²) in [6.45, 7) is 1.95. The van der Waals surface area contributed by atoms with E-state index in [-0.39, 0.29) is 0 Å². The van der Waals surface area contributed by atoms with Crippen LogP contribution >= 0.6 is 34.3 Å². The second kappa shape index (κ2) is 8.00. The lowest BCUT2D eigenvalue weighted by atomic mass is 10.1. The summed E-state index contributed by atoms with van der Waals surface area (Å²) in [5, 5.41) is 3.58. The summed E-state index contributed by atoms with van der Waals surface area (Å²) in [6.07, 6.45) is 4.26. The van der Waals surface area contributed by atoms with Crippen molar-refractivity contribution in [1.29, 1.82) is 0 Å². The van der Waals surface area contributed by atoms with E-state index in [0.717, 1.165) is 38.0 Å². The van der Waals surface area contributed by atoms with Crippen LogP contribution in [-0.2, 0) is 18.2 Å². The number of halogens is 1. The summed E-state index contributed by atoms with van der Waals surface area (Å²) in [5.41, 5.74) is 9.64. The van der Waals surface area contributed by atoms with E-state index in [2.05, 4.69) is 9.97 Å². The van der Waals surface area contributed by atoms with Gasteiger partial charge in [-0.25, -0.2) is 15.0 Å². The molecule has 4 aromatic heterocycles. The van der Waals surface area contributed by atoms with Gasteiger partial charge in [-0.2, -0.15) is 0 Å². The minimum atomic E-state index is -1.20. The number of hydrogen-bond acceptors (Lipinski definition) is 7. The van der Waals surface area contributed by atoms with Crippen molar-refractivity contribution in [2.75, 3.05) is 17.4 Å². The third-order valence-electron chi connectivity index (χ3n) is 4.48. The highest BCUT2D eigenvalue weighted by Gasteiger charge is 2.26. The van der Waals surface area contributed by atoms with Crippen LogP contribution < -0.4 is 5.73 Å². The fraction of sp³-hybridized carbons (Fsp3) is 0.278. The van der Waals surface area contributed by atoms with E-state index in [9.17, 15) is 4.55 Å². The van der Waals surface area contributed by atoms with Crippen molar-refractivity contribution in [3.8, 4) is 22.0 Å². The van der Waals surface area contributed by atoms with Crippen LogP contribution in [0.1, 0.15) is 12.2 Å². The fourth-order valence-corrected chi connectivity index (χ4v) is 6.50. The number of rotatable bonds is 6. The average molecular weight is 452 g/mol. The molecule has 0 spiro atoms. The monoisotopic (exact) mass is 451 g/mol. The second-order valence-corrected chi connectivity index (χ2v) is 10.3. The van der Waals surface area contributed by atoms with E-state index in [4.69, 9.17) is 22.3 Å². The maximum Gasteiger partial charge on any atom is 0.232 e. The number of hydrogen-bond donors (Lipinski definition) is 1. The number of fused-ring (bicyclic) bond motifs is 1. The van der Waals surface area contributed by atoms with Gasteiger partial charge in [0.1, 0.15) is 32.8 Å². The van der Waals surface area contributed by atoms with Crippen LogP contribution in [0.5, 0.6) is 0 Å². The van der Waals surface area contributed by atoms with Gasteiger partial charge in [0.2, 0.25) is 4.21 Å². The molecule has 0 fully saturated rings. The molecule has 0 aliphatic heterocycles. The van der Waals surface area contributed by atoms with Crippen LogP contribution in [0.4, 0.5) is 5.69 Å². The number of thiazole rings is 1. The number of aromatic nitrogens is 4. The van der Waals surface area contributed by atoms with Crippen LogP contribution in [0.25, 0.3) is 32.2 Å². The van der Waals surface area contributed by atoms with Gasteiger partial charge in [-0.3, -0.25) is 0 Å². The standard InChI is InChI=1S/C18H18ClN5OS3/c1-10-22-9-13(24(10)2)11-8-12(16-21-5-6-26-16)23-17-14(11)15(20)18(27-17)28(25)7-3-4-19/h5-6,8-9H,3-4,7,20H2,1-2H3. The van der Waals surface area contributed by atoms with Gasteiger partial charge in [0, 0.05) is 41.9 Å². The Labute approximate surface area is 178 Å². The number of nitrogens with two attached hydrogens (primary N) is 1. The first-order valence-electron chi connectivity index (χ1n) is 8.57. The molecule has 0 saturated carbocycles. The van der Waals surface area contributed by atoms with Crippen molar-refractivity contribution in [3.05, 3.63) is 29.7 Å². The van der Waals surface area contributed by atoms with Gasteiger partial charge in [0.05, 0.1) is 11.9 Å². The van der Waals surface area contributed by atoms with Gasteiger partial charge in [-0.1, -0.05) is 11.3 Å². The molecule has 2 N–H and O–H groups in total. The Morgan fingerprint density at radius 3 is 2.82 bits per heavy atom. The summed E-state index contributed by atoms with van der Waals surface area (Å²) in [7, 11) is 1.97. The molecule has 0 radical (unpaired) electrons. The Morgan fingerprint density at radius 1 is 1.36 bits per heavy atom. The predicted molar refractivity (Wildman–Crippen MR) is 119 cm³/mol.